The van der Waals surface area contributed by atoms with Gasteiger partial charge in [-0.3, -0.25) is 14.3 Å². The highest BCUT2D eigenvalue weighted by Crippen LogP contribution is 2.38. The fourth-order valence-electron chi connectivity index (χ4n) is 3.98. The maximum absolute atomic E-state index is 13.3. The third-order valence-electron chi connectivity index (χ3n) is 5.26. The van der Waals surface area contributed by atoms with Gasteiger partial charge in [0, 0.05) is 22.3 Å². The second-order valence-corrected chi connectivity index (χ2v) is 8.49. The van der Waals surface area contributed by atoms with Crippen LogP contribution in [0.3, 0.4) is 0 Å². The van der Waals surface area contributed by atoms with Gasteiger partial charge < -0.3 is 11.1 Å². The van der Waals surface area contributed by atoms with E-state index in [1.807, 2.05) is 19.9 Å². The van der Waals surface area contributed by atoms with Crippen LogP contribution in [0.1, 0.15) is 74.0 Å². The maximum atomic E-state index is 13.3. The second-order valence-electron chi connectivity index (χ2n) is 7.58. The highest BCUT2D eigenvalue weighted by Gasteiger charge is 2.36. The Labute approximate surface area is 173 Å². The molecule has 0 aliphatic heterocycles. The second kappa shape index (κ2) is 8.86. The Kier molecular flexibility index (Phi) is 6.49. The van der Waals surface area contributed by atoms with Gasteiger partial charge in [0.1, 0.15) is 11.5 Å². The zero-order chi connectivity index (χ0) is 20.3. The number of aromatic nitrogens is 3. The third-order valence-corrected chi connectivity index (χ3v) is 5.73. The molecule has 28 heavy (non-hydrogen) atoms. The Bertz CT molecular complexity index is 841. The lowest BCUT2D eigenvalue weighted by molar-refractivity contribution is -0.119. The number of primary amides is 1. The molecule has 2 heterocycles. The normalized spacial score (nSPS) is 16.1. The van der Waals surface area contributed by atoms with Crippen molar-refractivity contribution in [1.82, 2.24) is 14.8 Å². The van der Waals surface area contributed by atoms with Crippen molar-refractivity contribution in [3.05, 3.63) is 40.3 Å². The van der Waals surface area contributed by atoms with E-state index >= 15 is 0 Å². The Morgan fingerprint density at radius 2 is 1.93 bits per heavy atom. The molecule has 1 aliphatic carbocycles. The number of carbonyl (C=O) groups is 2. The van der Waals surface area contributed by atoms with Gasteiger partial charge in [-0.1, -0.05) is 19.3 Å². The summed E-state index contributed by atoms with van der Waals surface area (Å²) < 4.78 is 2.45. The highest BCUT2D eigenvalue weighted by molar-refractivity contribution is 9.10. The van der Waals surface area contributed by atoms with E-state index in [1.54, 1.807) is 23.1 Å². The van der Waals surface area contributed by atoms with Gasteiger partial charge in [0.2, 0.25) is 5.91 Å². The van der Waals surface area contributed by atoms with Gasteiger partial charge in [0.25, 0.3) is 5.91 Å². The largest absolute Gasteiger partial charge is 0.364 e. The van der Waals surface area contributed by atoms with E-state index in [0.717, 1.165) is 30.2 Å². The number of nitrogens with zero attached hydrogens (tertiary/aromatic N) is 3. The first-order valence-corrected chi connectivity index (χ1v) is 10.5. The van der Waals surface area contributed by atoms with Crippen LogP contribution in [-0.4, -0.2) is 26.6 Å². The molecule has 2 aromatic heterocycles. The summed E-state index contributed by atoms with van der Waals surface area (Å²) in [7, 11) is 0. The van der Waals surface area contributed by atoms with Gasteiger partial charge in [0.05, 0.1) is 12.1 Å². The number of amides is 2. The number of pyridine rings is 1. The molecule has 8 heteroatoms. The lowest BCUT2D eigenvalue weighted by atomic mass is 9.76. The summed E-state index contributed by atoms with van der Waals surface area (Å²) in [4.78, 5) is 29.8. The van der Waals surface area contributed by atoms with Crippen LogP contribution in [0, 0.1) is 5.92 Å². The fourth-order valence-corrected chi connectivity index (χ4v) is 4.21. The van der Waals surface area contributed by atoms with Crippen molar-refractivity contribution >= 4 is 33.6 Å². The van der Waals surface area contributed by atoms with Crippen molar-refractivity contribution in [2.45, 2.75) is 57.9 Å². The summed E-state index contributed by atoms with van der Waals surface area (Å²) in [5.41, 5.74) is 6.62. The van der Waals surface area contributed by atoms with Crippen LogP contribution >= 0.6 is 15.9 Å². The monoisotopic (exact) mass is 447 g/mol. The summed E-state index contributed by atoms with van der Waals surface area (Å²) >= 11 is 3.34. The van der Waals surface area contributed by atoms with Crippen LogP contribution in [0.25, 0.3) is 0 Å². The average molecular weight is 448 g/mol. The van der Waals surface area contributed by atoms with E-state index in [9.17, 15) is 9.59 Å². The molecule has 0 bridgehead atoms. The molecule has 0 saturated heterocycles. The molecule has 1 saturated carbocycles. The van der Waals surface area contributed by atoms with Crippen molar-refractivity contribution in [3.8, 4) is 0 Å². The van der Waals surface area contributed by atoms with Crippen molar-refractivity contribution in [2.75, 3.05) is 5.32 Å². The van der Waals surface area contributed by atoms with E-state index in [2.05, 4.69) is 31.3 Å². The van der Waals surface area contributed by atoms with Gasteiger partial charge in [-0.15, -0.1) is 0 Å². The predicted octanol–water partition coefficient (Wildman–Crippen LogP) is 4.02. The summed E-state index contributed by atoms with van der Waals surface area (Å²) in [6, 6.07) is 3.54. The van der Waals surface area contributed by atoms with Gasteiger partial charge in [-0.05, 0) is 60.7 Å². The predicted molar refractivity (Wildman–Crippen MR) is 111 cm³/mol. The van der Waals surface area contributed by atoms with Gasteiger partial charge >= 0.3 is 0 Å². The van der Waals surface area contributed by atoms with Gasteiger partial charge in [-0.25, -0.2) is 4.98 Å². The highest BCUT2D eigenvalue weighted by atomic mass is 79.9. The fraction of sp³-hybridized carbons (Fsp3) is 0.500. The lowest BCUT2D eigenvalue weighted by Gasteiger charge is -2.29. The zero-order valence-electron chi connectivity index (χ0n) is 16.2. The minimum Gasteiger partial charge on any atom is -0.364 e. The van der Waals surface area contributed by atoms with Gasteiger partial charge in [0.15, 0.2) is 0 Å². The number of anilines is 1. The Hall–Kier alpha value is -2.22. The molecule has 2 amide bonds. The van der Waals surface area contributed by atoms with E-state index in [-0.39, 0.29) is 17.9 Å². The number of halogens is 1. The average Bonchev–Trinajstić information content (AvgIpc) is 3.10. The smallest absolute Gasteiger partial charge is 0.267 e. The molecule has 0 unspecified atom stereocenters. The van der Waals surface area contributed by atoms with Crippen LogP contribution in [-0.2, 0) is 4.79 Å². The molecule has 1 atom stereocenters. The summed E-state index contributed by atoms with van der Waals surface area (Å²) in [5.74, 6) is -0.595. The minimum atomic E-state index is -0.559. The van der Waals surface area contributed by atoms with Crippen molar-refractivity contribution in [3.63, 3.8) is 0 Å². The summed E-state index contributed by atoms with van der Waals surface area (Å²) in [6.07, 6.45) is 8.48. The molecule has 0 aromatic carbocycles. The van der Waals surface area contributed by atoms with E-state index < -0.39 is 11.8 Å². The Morgan fingerprint density at radius 1 is 1.21 bits per heavy atom. The summed E-state index contributed by atoms with van der Waals surface area (Å²) in [5, 5.41) is 7.28. The Morgan fingerprint density at radius 3 is 2.50 bits per heavy atom. The molecule has 1 fully saturated rings. The maximum Gasteiger partial charge on any atom is 0.267 e. The SMILES string of the molecule is CC(C)n1ncc([C@@H](C(=O)Nc2ccc(Br)cn2)C2CCCCC2)c1C(N)=O. The number of rotatable bonds is 6. The van der Waals surface area contributed by atoms with Crippen molar-refractivity contribution in [1.29, 1.82) is 0 Å². The van der Waals surface area contributed by atoms with Crippen LogP contribution in [0.2, 0.25) is 0 Å². The van der Waals surface area contributed by atoms with E-state index in [1.165, 1.54) is 6.42 Å². The molecule has 7 nitrogen and oxygen atoms in total. The molecule has 0 spiro atoms. The zero-order valence-corrected chi connectivity index (χ0v) is 17.8. The topological polar surface area (TPSA) is 103 Å². The molecule has 3 N–H and O–H groups in total. The van der Waals surface area contributed by atoms with Gasteiger partial charge in [-0.2, -0.15) is 5.10 Å². The molecule has 2 aromatic rings. The quantitative estimate of drug-likeness (QED) is 0.697. The first-order chi connectivity index (χ1) is 13.4. The summed E-state index contributed by atoms with van der Waals surface area (Å²) in [6.45, 7) is 3.87. The molecule has 3 rings (SSSR count). The molecular weight excluding hydrogens is 422 g/mol. The Balaban J connectivity index is 1.98. The molecule has 1 aliphatic rings. The third kappa shape index (κ3) is 4.43. The first kappa shape index (κ1) is 20.5. The van der Waals surface area contributed by atoms with Crippen LogP contribution in [0.4, 0.5) is 5.82 Å². The van der Waals surface area contributed by atoms with Crippen molar-refractivity contribution in [2.24, 2.45) is 11.7 Å². The van der Waals surface area contributed by atoms with Crippen LogP contribution in [0.5, 0.6) is 0 Å². The molecule has 0 radical (unpaired) electrons. The number of carbonyl (C=O) groups excluding carboxylic acids is 2. The van der Waals surface area contributed by atoms with Crippen LogP contribution in [0.15, 0.2) is 29.0 Å². The lowest BCUT2D eigenvalue weighted by Crippen LogP contribution is -2.31. The number of nitrogens with one attached hydrogen (secondary N) is 1. The minimum absolute atomic E-state index is 0.0283. The first-order valence-electron chi connectivity index (χ1n) is 9.68. The van der Waals surface area contributed by atoms with E-state index in [4.69, 9.17) is 5.73 Å². The number of hydrogen-bond donors (Lipinski definition) is 2. The standard InChI is InChI=1S/C20H26BrN5O2/c1-12(2)26-18(19(22)27)15(11-24-26)17(13-6-4-3-5-7-13)20(28)25-16-9-8-14(21)10-23-16/h8-13,17H,3-7H2,1-2H3,(H2,22,27)(H,23,25,28)/t17-/m0/s1. The number of nitrogens with two attached hydrogens (primary N) is 1. The molecular formula is C20H26BrN5O2. The van der Waals surface area contributed by atoms with E-state index in [0.29, 0.717) is 17.1 Å². The van der Waals surface area contributed by atoms with Crippen LogP contribution < -0.4 is 11.1 Å². The molecule has 150 valence electrons. The van der Waals surface area contributed by atoms with Crippen molar-refractivity contribution < 1.29 is 9.59 Å². The number of hydrogen-bond acceptors (Lipinski definition) is 4.